The summed E-state index contributed by atoms with van der Waals surface area (Å²) >= 11 is 0. The molecule has 2 rings (SSSR count). The van der Waals surface area contributed by atoms with Crippen LogP contribution >= 0.6 is 0 Å². The van der Waals surface area contributed by atoms with Gasteiger partial charge in [-0.25, -0.2) is 9.97 Å². The Morgan fingerprint density at radius 1 is 1.21 bits per heavy atom. The number of benzene rings is 1. The van der Waals surface area contributed by atoms with Crippen molar-refractivity contribution in [3.63, 3.8) is 0 Å². The SMILES string of the molecule is COc1ccc(C(C)Nc2cnc(C#N)cn2)cc1. The third kappa shape index (κ3) is 3.19. The van der Waals surface area contributed by atoms with Gasteiger partial charge in [0.25, 0.3) is 0 Å². The van der Waals surface area contributed by atoms with E-state index in [-0.39, 0.29) is 6.04 Å². The average Bonchev–Trinajstić information content (AvgIpc) is 2.48. The van der Waals surface area contributed by atoms with Crippen LogP contribution in [0.5, 0.6) is 5.75 Å². The molecular formula is C14H14N4O. The summed E-state index contributed by atoms with van der Waals surface area (Å²) in [6.45, 7) is 2.03. The lowest BCUT2D eigenvalue weighted by Gasteiger charge is -2.14. The molecule has 0 saturated heterocycles. The highest BCUT2D eigenvalue weighted by atomic mass is 16.5. The number of anilines is 1. The van der Waals surface area contributed by atoms with Gasteiger partial charge in [0.05, 0.1) is 19.5 Å². The van der Waals surface area contributed by atoms with Crippen LogP contribution in [-0.4, -0.2) is 17.1 Å². The molecular weight excluding hydrogens is 240 g/mol. The van der Waals surface area contributed by atoms with Gasteiger partial charge in [0.2, 0.25) is 0 Å². The molecule has 1 unspecified atom stereocenters. The van der Waals surface area contributed by atoms with Crippen LogP contribution in [0.4, 0.5) is 5.82 Å². The van der Waals surface area contributed by atoms with Crippen molar-refractivity contribution >= 4 is 5.82 Å². The van der Waals surface area contributed by atoms with Gasteiger partial charge in [0.15, 0.2) is 5.69 Å². The van der Waals surface area contributed by atoms with Crippen LogP contribution < -0.4 is 10.1 Å². The van der Waals surface area contributed by atoms with Crippen molar-refractivity contribution in [1.82, 2.24) is 9.97 Å². The molecule has 5 nitrogen and oxygen atoms in total. The molecule has 0 saturated carbocycles. The van der Waals surface area contributed by atoms with Crippen molar-refractivity contribution < 1.29 is 4.74 Å². The molecule has 1 heterocycles. The van der Waals surface area contributed by atoms with E-state index < -0.39 is 0 Å². The second kappa shape index (κ2) is 5.83. The van der Waals surface area contributed by atoms with Crippen LogP contribution in [0.2, 0.25) is 0 Å². The third-order valence-electron chi connectivity index (χ3n) is 2.75. The van der Waals surface area contributed by atoms with Crippen molar-refractivity contribution in [2.75, 3.05) is 12.4 Å². The topological polar surface area (TPSA) is 70.8 Å². The summed E-state index contributed by atoms with van der Waals surface area (Å²) in [5, 5.41) is 11.9. The summed E-state index contributed by atoms with van der Waals surface area (Å²) in [6, 6.07) is 9.84. The number of hydrogen-bond acceptors (Lipinski definition) is 5. The van der Waals surface area contributed by atoms with E-state index in [1.807, 2.05) is 37.3 Å². The Balaban J connectivity index is 2.06. The van der Waals surface area contributed by atoms with E-state index in [0.29, 0.717) is 11.5 Å². The van der Waals surface area contributed by atoms with E-state index in [1.54, 1.807) is 13.3 Å². The molecule has 5 heteroatoms. The first-order valence-electron chi connectivity index (χ1n) is 5.85. The van der Waals surface area contributed by atoms with Crippen molar-refractivity contribution in [3.05, 3.63) is 47.9 Å². The van der Waals surface area contributed by atoms with Crippen LogP contribution in [-0.2, 0) is 0 Å². The van der Waals surface area contributed by atoms with Crippen molar-refractivity contribution in [3.8, 4) is 11.8 Å². The van der Waals surface area contributed by atoms with Gasteiger partial charge in [-0.05, 0) is 24.6 Å². The van der Waals surface area contributed by atoms with Crippen LogP contribution in [0.15, 0.2) is 36.7 Å². The fourth-order valence-electron chi connectivity index (χ4n) is 1.66. The van der Waals surface area contributed by atoms with Gasteiger partial charge in [0.1, 0.15) is 17.6 Å². The predicted octanol–water partition coefficient (Wildman–Crippen LogP) is 2.53. The first kappa shape index (κ1) is 12.8. The molecule has 96 valence electrons. The maximum absolute atomic E-state index is 8.65. The minimum atomic E-state index is 0.0909. The molecule has 1 N–H and O–H groups in total. The zero-order valence-corrected chi connectivity index (χ0v) is 10.8. The Kier molecular flexibility index (Phi) is 3.94. The number of nitriles is 1. The number of rotatable bonds is 4. The summed E-state index contributed by atoms with van der Waals surface area (Å²) in [4.78, 5) is 8.09. The van der Waals surface area contributed by atoms with E-state index in [4.69, 9.17) is 10.00 Å². The van der Waals surface area contributed by atoms with E-state index in [0.717, 1.165) is 11.3 Å². The molecule has 1 aromatic carbocycles. The van der Waals surface area contributed by atoms with E-state index in [1.165, 1.54) is 6.20 Å². The fourth-order valence-corrected chi connectivity index (χ4v) is 1.66. The van der Waals surface area contributed by atoms with Crippen LogP contribution in [0.25, 0.3) is 0 Å². The van der Waals surface area contributed by atoms with E-state index >= 15 is 0 Å². The first-order chi connectivity index (χ1) is 9.22. The molecule has 1 aromatic heterocycles. The van der Waals surface area contributed by atoms with Gasteiger partial charge in [-0.3, -0.25) is 0 Å². The first-order valence-corrected chi connectivity index (χ1v) is 5.85. The Bertz CT molecular complexity index is 572. The summed E-state index contributed by atoms with van der Waals surface area (Å²) in [5.41, 5.74) is 1.43. The molecule has 19 heavy (non-hydrogen) atoms. The normalized spacial score (nSPS) is 11.4. The number of nitrogens with zero attached hydrogens (tertiary/aromatic N) is 3. The highest BCUT2D eigenvalue weighted by Gasteiger charge is 2.06. The molecule has 0 radical (unpaired) electrons. The van der Waals surface area contributed by atoms with Gasteiger partial charge in [-0.15, -0.1) is 0 Å². The molecule has 2 aromatic rings. The number of ether oxygens (including phenoxy) is 1. The number of aromatic nitrogens is 2. The largest absolute Gasteiger partial charge is 0.497 e. The van der Waals surface area contributed by atoms with Crippen LogP contribution in [0, 0.1) is 11.3 Å². The molecule has 1 atom stereocenters. The van der Waals surface area contributed by atoms with Gasteiger partial charge in [0, 0.05) is 6.04 Å². The maximum Gasteiger partial charge on any atom is 0.158 e. The van der Waals surface area contributed by atoms with Crippen LogP contribution in [0.3, 0.4) is 0 Å². The number of methoxy groups -OCH3 is 1. The van der Waals surface area contributed by atoms with E-state index in [2.05, 4.69) is 15.3 Å². The molecule has 0 fully saturated rings. The zero-order chi connectivity index (χ0) is 13.7. The quantitative estimate of drug-likeness (QED) is 0.907. The molecule has 0 spiro atoms. The lowest BCUT2D eigenvalue weighted by Crippen LogP contribution is -2.08. The summed E-state index contributed by atoms with van der Waals surface area (Å²) in [7, 11) is 1.64. The minimum absolute atomic E-state index is 0.0909. The van der Waals surface area contributed by atoms with E-state index in [9.17, 15) is 0 Å². The van der Waals surface area contributed by atoms with Gasteiger partial charge in [-0.1, -0.05) is 12.1 Å². The van der Waals surface area contributed by atoms with Crippen molar-refractivity contribution in [2.24, 2.45) is 0 Å². The van der Waals surface area contributed by atoms with Gasteiger partial charge < -0.3 is 10.1 Å². The second-order valence-electron chi connectivity index (χ2n) is 4.04. The Hall–Kier alpha value is -2.61. The summed E-state index contributed by atoms with van der Waals surface area (Å²) in [6.07, 6.45) is 3.00. The second-order valence-corrected chi connectivity index (χ2v) is 4.04. The van der Waals surface area contributed by atoms with Crippen LogP contribution in [0.1, 0.15) is 24.2 Å². The van der Waals surface area contributed by atoms with Crippen molar-refractivity contribution in [2.45, 2.75) is 13.0 Å². The smallest absolute Gasteiger partial charge is 0.158 e. The Labute approximate surface area is 111 Å². The maximum atomic E-state index is 8.65. The highest BCUT2D eigenvalue weighted by molar-refractivity contribution is 5.38. The Morgan fingerprint density at radius 2 is 1.95 bits per heavy atom. The zero-order valence-electron chi connectivity index (χ0n) is 10.8. The molecule has 0 aliphatic rings. The fraction of sp³-hybridized carbons (Fsp3) is 0.214. The third-order valence-corrected chi connectivity index (χ3v) is 2.75. The average molecular weight is 254 g/mol. The summed E-state index contributed by atoms with van der Waals surface area (Å²) < 4.78 is 5.12. The highest BCUT2D eigenvalue weighted by Crippen LogP contribution is 2.20. The number of hydrogen-bond donors (Lipinski definition) is 1. The molecule has 0 aliphatic carbocycles. The van der Waals surface area contributed by atoms with Gasteiger partial charge in [-0.2, -0.15) is 5.26 Å². The Morgan fingerprint density at radius 3 is 2.47 bits per heavy atom. The number of nitrogens with one attached hydrogen (secondary N) is 1. The monoisotopic (exact) mass is 254 g/mol. The molecule has 0 bridgehead atoms. The lowest BCUT2D eigenvalue weighted by molar-refractivity contribution is 0.414. The van der Waals surface area contributed by atoms with Crippen molar-refractivity contribution in [1.29, 1.82) is 5.26 Å². The van der Waals surface area contributed by atoms with Gasteiger partial charge >= 0.3 is 0 Å². The minimum Gasteiger partial charge on any atom is -0.497 e. The predicted molar refractivity (Wildman–Crippen MR) is 71.8 cm³/mol. The molecule has 0 aliphatic heterocycles. The summed E-state index contributed by atoms with van der Waals surface area (Å²) in [5.74, 6) is 1.47. The molecule has 0 amide bonds. The standard InChI is InChI=1S/C14H14N4O/c1-10(11-3-5-13(19-2)6-4-11)18-14-9-16-12(7-15)8-17-14/h3-6,8-10H,1-2H3,(H,17,18). The lowest BCUT2D eigenvalue weighted by atomic mass is 10.1.